The van der Waals surface area contributed by atoms with E-state index in [0.717, 1.165) is 30.5 Å². The number of likely N-dealkylation sites (tertiary alicyclic amines) is 1. The number of aryl methyl sites for hydroxylation is 2. The molecule has 4 atom stereocenters. The molecular weight excluding hydrogens is 432 g/mol. The number of aromatic nitrogens is 1. The second-order valence-electron chi connectivity index (χ2n) is 9.38. The average Bonchev–Trinajstić information content (AvgIpc) is 3.14. The number of carbonyl (C=O) groups is 1. The molecule has 0 unspecified atom stereocenters. The van der Waals surface area contributed by atoms with Gasteiger partial charge in [0.15, 0.2) is 0 Å². The fourth-order valence-corrected chi connectivity index (χ4v) is 5.39. The summed E-state index contributed by atoms with van der Waals surface area (Å²) in [6, 6.07) is 18.4. The number of nitrogens with zero attached hydrogens (tertiary/aromatic N) is 2. The fourth-order valence-electron chi connectivity index (χ4n) is 5.39. The number of aliphatic hydroxyl groups is 2. The number of carboxylic acids is 1. The molecule has 0 amide bonds. The van der Waals surface area contributed by atoms with Crippen molar-refractivity contribution in [1.29, 1.82) is 0 Å². The van der Waals surface area contributed by atoms with Crippen LogP contribution in [0, 0.1) is 25.2 Å². The summed E-state index contributed by atoms with van der Waals surface area (Å²) in [6.07, 6.45) is -0.455. The van der Waals surface area contributed by atoms with Crippen LogP contribution >= 0.6 is 0 Å². The number of oxazole rings is 1. The van der Waals surface area contributed by atoms with E-state index >= 15 is 0 Å². The van der Waals surface area contributed by atoms with Gasteiger partial charge >= 0.3 is 0 Å². The average molecular weight is 465 g/mol. The van der Waals surface area contributed by atoms with Crippen molar-refractivity contribution < 1.29 is 24.5 Å². The Morgan fingerprint density at radius 2 is 1.79 bits per heavy atom. The predicted octanol–water partition coefficient (Wildman–Crippen LogP) is 3.62. The molecular formula is C27H32N2O5. The molecule has 1 spiro atoms. The number of hydrogen-bond donors (Lipinski definition) is 3. The highest BCUT2D eigenvalue weighted by Gasteiger charge is 2.70. The zero-order valence-electron chi connectivity index (χ0n) is 19.8. The van der Waals surface area contributed by atoms with Crippen LogP contribution in [0.15, 0.2) is 59.0 Å². The van der Waals surface area contributed by atoms with E-state index in [1.54, 1.807) is 0 Å². The van der Waals surface area contributed by atoms with Gasteiger partial charge in [-0.2, -0.15) is 0 Å². The molecule has 2 heterocycles. The zero-order valence-corrected chi connectivity index (χ0v) is 19.8. The van der Waals surface area contributed by atoms with Gasteiger partial charge < -0.3 is 19.7 Å². The minimum Gasteiger partial charge on any atom is -0.481 e. The van der Waals surface area contributed by atoms with Gasteiger partial charge in [0.25, 0.3) is 5.97 Å². The van der Waals surface area contributed by atoms with Crippen molar-refractivity contribution in [3.8, 4) is 11.5 Å². The van der Waals surface area contributed by atoms with Crippen molar-refractivity contribution in [1.82, 2.24) is 9.88 Å². The SMILES string of the molecule is CC(=O)O.Cc1ccc(-c2nc(CN3C[C@@H](O)[C@@]4(C3)[C@H](CO)[C@H]4c3ccccc3)c(C)o2)cc1. The topological polar surface area (TPSA) is 107 Å². The zero-order chi connectivity index (χ0) is 24.5. The molecule has 2 aromatic carbocycles. The minimum absolute atomic E-state index is 0.0985. The third-order valence-corrected chi connectivity index (χ3v) is 7.03. The van der Waals surface area contributed by atoms with E-state index in [1.165, 1.54) is 11.1 Å². The highest BCUT2D eigenvalue weighted by atomic mass is 16.4. The Morgan fingerprint density at radius 3 is 2.41 bits per heavy atom. The summed E-state index contributed by atoms with van der Waals surface area (Å²) in [4.78, 5) is 16.0. The normalized spacial score (nSPS) is 25.7. The number of aliphatic hydroxyl groups excluding tert-OH is 2. The lowest BCUT2D eigenvalue weighted by molar-refractivity contribution is -0.134. The van der Waals surface area contributed by atoms with Gasteiger partial charge in [-0.3, -0.25) is 9.69 Å². The molecule has 0 bridgehead atoms. The summed E-state index contributed by atoms with van der Waals surface area (Å²) in [5, 5.41) is 28.4. The Labute approximate surface area is 199 Å². The van der Waals surface area contributed by atoms with Crippen LogP contribution in [-0.2, 0) is 11.3 Å². The Bertz CT molecular complexity index is 1120. The molecule has 1 aromatic heterocycles. The molecule has 3 aromatic rings. The van der Waals surface area contributed by atoms with Gasteiger partial charge in [0.05, 0.1) is 11.8 Å². The third-order valence-electron chi connectivity index (χ3n) is 7.03. The van der Waals surface area contributed by atoms with Gasteiger partial charge in [0, 0.05) is 44.1 Å². The monoisotopic (exact) mass is 464 g/mol. The number of aliphatic carboxylic acids is 1. The highest BCUT2D eigenvalue weighted by molar-refractivity contribution is 5.63. The van der Waals surface area contributed by atoms with E-state index in [2.05, 4.69) is 36.1 Å². The Kier molecular flexibility index (Phi) is 6.89. The van der Waals surface area contributed by atoms with E-state index < -0.39 is 12.1 Å². The largest absolute Gasteiger partial charge is 0.481 e. The first-order chi connectivity index (χ1) is 16.3. The van der Waals surface area contributed by atoms with Gasteiger partial charge in [-0.25, -0.2) is 4.98 Å². The summed E-state index contributed by atoms with van der Waals surface area (Å²) >= 11 is 0. The second kappa shape index (κ2) is 9.70. The van der Waals surface area contributed by atoms with Gasteiger partial charge in [-0.15, -0.1) is 0 Å². The standard InChI is InChI=1S/C25H28N2O3.C2H4O2/c1-16-8-10-19(11-9-16)24-26-21(17(2)30-24)12-27-13-22(29)25(15-27)20(14-28)23(25)18-6-4-3-5-7-18;1-2(3)4/h3-11,20,22-23,28-29H,12-15H2,1-2H3;1H3,(H,3,4)/t20-,22-,23-,25-;/m1./s1. The van der Waals surface area contributed by atoms with Crippen LogP contribution in [0.3, 0.4) is 0 Å². The summed E-state index contributed by atoms with van der Waals surface area (Å²) in [7, 11) is 0. The second-order valence-corrected chi connectivity index (χ2v) is 9.38. The van der Waals surface area contributed by atoms with Crippen LogP contribution in [0.25, 0.3) is 11.5 Å². The van der Waals surface area contributed by atoms with Crippen LogP contribution in [-0.4, -0.2) is 57.0 Å². The van der Waals surface area contributed by atoms with E-state index in [4.69, 9.17) is 19.3 Å². The molecule has 34 heavy (non-hydrogen) atoms. The lowest BCUT2D eigenvalue weighted by atomic mass is 9.95. The molecule has 1 aliphatic heterocycles. The maximum atomic E-state index is 11.0. The molecule has 1 aliphatic carbocycles. The first-order valence-electron chi connectivity index (χ1n) is 11.5. The molecule has 3 N–H and O–H groups in total. The molecule has 180 valence electrons. The lowest BCUT2D eigenvalue weighted by Gasteiger charge is -2.15. The molecule has 7 heteroatoms. The van der Waals surface area contributed by atoms with Crippen LogP contribution in [0.5, 0.6) is 0 Å². The van der Waals surface area contributed by atoms with Crippen LogP contribution < -0.4 is 0 Å². The van der Waals surface area contributed by atoms with Crippen molar-refractivity contribution in [2.45, 2.75) is 39.3 Å². The first kappa shape index (κ1) is 24.1. The first-order valence-corrected chi connectivity index (χ1v) is 11.5. The molecule has 2 aliphatic rings. The summed E-state index contributed by atoms with van der Waals surface area (Å²) in [5.41, 5.74) is 4.02. The molecule has 1 saturated carbocycles. The van der Waals surface area contributed by atoms with E-state index in [9.17, 15) is 10.2 Å². The molecule has 0 radical (unpaired) electrons. The smallest absolute Gasteiger partial charge is 0.300 e. The summed E-state index contributed by atoms with van der Waals surface area (Å²) in [5.74, 6) is 0.917. The number of hydrogen-bond acceptors (Lipinski definition) is 6. The highest BCUT2D eigenvalue weighted by Crippen LogP contribution is 2.68. The van der Waals surface area contributed by atoms with Crippen LogP contribution in [0.1, 0.15) is 35.4 Å². The Balaban J connectivity index is 0.000000636. The Morgan fingerprint density at radius 1 is 1.15 bits per heavy atom. The van der Waals surface area contributed by atoms with Gasteiger partial charge in [-0.1, -0.05) is 48.0 Å². The Hall–Kier alpha value is -3.00. The van der Waals surface area contributed by atoms with Gasteiger partial charge in [0.1, 0.15) is 5.76 Å². The molecule has 1 saturated heterocycles. The number of benzene rings is 2. The van der Waals surface area contributed by atoms with E-state index in [0.29, 0.717) is 19.0 Å². The molecule has 7 nitrogen and oxygen atoms in total. The van der Waals surface area contributed by atoms with Crippen molar-refractivity contribution in [2.24, 2.45) is 11.3 Å². The quantitative estimate of drug-likeness (QED) is 0.529. The van der Waals surface area contributed by atoms with E-state index in [1.807, 2.05) is 37.3 Å². The van der Waals surface area contributed by atoms with Crippen molar-refractivity contribution >= 4 is 5.97 Å². The van der Waals surface area contributed by atoms with Crippen molar-refractivity contribution in [3.63, 3.8) is 0 Å². The maximum Gasteiger partial charge on any atom is 0.300 e. The number of rotatable bonds is 5. The minimum atomic E-state index is -0.833. The number of β-amino-alcohol motifs (C(OH)–C–C–N with tert-alkyl or cyclic N) is 1. The lowest BCUT2D eigenvalue weighted by Crippen LogP contribution is -2.23. The fraction of sp³-hybridized carbons (Fsp3) is 0.407. The van der Waals surface area contributed by atoms with E-state index in [-0.39, 0.29) is 23.9 Å². The van der Waals surface area contributed by atoms with Crippen LogP contribution in [0.2, 0.25) is 0 Å². The van der Waals surface area contributed by atoms with Crippen molar-refractivity contribution in [2.75, 3.05) is 19.7 Å². The molecule has 5 rings (SSSR count). The number of carboxylic acid groups (broad SMARTS) is 1. The maximum absolute atomic E-state index is 11.0. The summed E-state index contributed by atoms with van der Waals surface area (Å²) in [6.45, 7) is 7.18. The third kappa shape index (κ3) is 4.64. The van der Waals surface area contributed by atoms with Gasteiger partial charge in [-0.05, 0) is 43.4 Å². The molecule has 2 fully saturated rings. The van der Waals surface area contributed by atoms with Crippen LogP contribution in [0.4, 0.5) is 0 Å². The van der Waals surface area contributed by atoms with Gasteiger partial charge in [0.2, 0.25) is 5.89 Å². The predicted molar refractivity (Wildman–Crippen MR) is 128 cm³/mol. The van der Waals surface area contributed by atoms with Crippen molar-refractivity contribution in [3.05, 3.63) is 77.2 Å². The summed E-state index contributed by atoms with van der Waals surface area (Å²) < 4.78 is 5.94.